The Bertz CT molecular complexity index is 657. The highest BCUT2D eigenvalue weighted by Crippen LogP contribution is 2.34. The van der Waals surface area contributed by atoms with E-state index in [0.29, 0.717) is 5.69 Å². The quantitative estimate of drug-likeness (QED) is 0.925. The molecular formula is C17H19FN2OS. The molecule has 1 aliphatic heterocycles. The summed E-state index contributed by atoms with van der Waals surface area (Å²) in [5.41, 5.74) is 1.62. The molecule has 2 heterocycles. The highest BCUT2D eigenvalue weighted by Gasteiger charge is 2.30. The minimum absolute atomic E-state index is 0.0690. The zero-order valence-corrected chi connectivity index (χ0v) is 13.3. The molecule has 116 valence electrons. The van der Waals surface area contributed by atoms with E-state index in [-0.39, 0.29) is 24.3 Å². The average molecular weight is 318 g/mol. The van der Waals surface area contributed by atoms with Gasteiger partial charge < -0.3 is 10.2 Å². The smallest absolute Gasteiger partial charge is 0.242 e. The number of anilines is 1. The van der Waals surface area contributed by atoms with Crippen LogP contribution in [0.25, 0.3) is 0 Å². The fourth-order valence-electron chi connectivity index (χ4n) is 2.90. The number of benzene rings is 1. The third kappa shape index (κ3) is 3.14. The second-order valence-electron chi connectivity index (χ2n) is 5.57. The minimum Gasteiger partial charge on any atom is -0.376 e. The molecule has 5 heteroatoms. The summed E-state index contributed by atoms with van der Waals surface area (Å²) in [6, 6.07) is 8.88. The lowest BCUT2D eigenvalue weighted by Crippen LogP contribution is -2.34. The second-order valence-corrected chi connectivity index (χ2v) is 6.55. The van der Waals surface area contributed by atoms with E-state index in [1.54, 1.807) is 17.4 Å². The Balaban J connectivity index is 1.65. The molecule has 0 bridgehead atoms. The first-order valence-corrected chi connectivity index (χ1v) is 8.36. The zero-order chi connectivity index (χ0) is 15.5. The summed E-state index contributed by atoms with van der Waals surface area (Å²) in [5.74, 6) is -0.224. The van der Waals surface area contributed by atoms with Gasteiger partial charge in [-0.1, -0.05) is 12.1 Å². The lowest BCUT2D eigenvalue weighted by atomic mass is 10.2. The van der Waals surface area contributed by atoms with Gasteiger partial charge in [0, 0.05) is 17.1 Å². The number of carbonyl (C=O) groups excluding carboxylic acids is 1. The molecule has 0 aliphatic carbocycles. The van der Waals surface area contributed by atoms with Gasteiger partial charge in [0.1, 0.15) is 5.82 Å². The number of likely N-dealkylation sites (tertiary alicyclic amines) is 1. The van der Waals surface area contributed by atoms with E-state index in [1.807, 2.05) is 23.3 Å². The standard InChI is InChI=1S/C17H19FN2OS/c1-12-6-7-13(18)10-14(12)19-11-17(21)20-8-2-4-15(20)16-5-3-9-22-16/h3,5-7,9-10,15,19H,2,4,8,11H2,1H3/t15-/m0/s1. The first-order valence-electron chi connectivity index (χ1n) is 7.48. The SMILES string of the molecule is Cc1ccc(F)cc1NCC(=O)N1CCC[C@H]1c1cccs1. The molecule has 1 aliphatic rings. The van der Waals surface area contributed by atoms with Crippen LogP contribution in [0, 0.1) is 12.7 Å². The van der Waals surface area contributed by atoms with Crippen LogP contribution in [0.4, 0.5) is 10.1 Å². The number of aryl methyl sites for hydroxylation is 1. The van der Waals surface area contributed by atoms with Gasteiger partial charge in [0.25, 0.3) is 0 Å². The molecule has 2 aromatic rings. The van der Waals surface area contributed by atoms with Crippen molar-refractivity contribution in [2.45, 2.75) is 25.8 Å². The van der Waals surface area contributed by atoms with Gasteiger partial charge in [-0.3, -0.25) is 4.79 Å². The second kappa shape index (κ2) is 6.48. The molecule has 1 fully saturated rings. The Morgan fingerprint density at radius 3 is 3.09 bits per heavy atom. The summed E-state index contributed by atoms with van der Waals surface area (Å²) in [6.45, 7) is 2.90. The fraction of sp³-hybridized carbons (Fsp3) is 0.353. The molecule has 0 saturated carbocycles. The molecule has 0 unspecified atom stereocenters. The first-order chi connectivity index (χ1) is 10.6. The topological polar surface area (TPSA) is 32.3 Å². The number of amides is 1. The molecule has 1 amide bonds. The molecule has 1 aromatic heterocycles. The minimum atomic E-state index is -0.293. The van der Waals surface area contributed by atoms with Crippen molar-refractivity contribution in [3.63, 3.8) is 0 Å². The van der Waals surface area contributed by atoms with Gasteiger partial charge in [-0.15, -0.1) is 11.3 Å². The van der Waals surface area contributed by atoms with Gasteiger partial charge >= 0.3 is 0 Å². The third-order valence-corrected chi connectivity index (χ3v) is 5.05. The van der Waals surface area contributed by atoms with E-state index in [1.165, 1.54) is 17.0 Å². The first kappa shape index (κ1) is 15.0. The van der Waals surface area contributed by atoms with Gasteiger partial charge in [0.2, 0.25) is 5.91 Å². The van der Waals surface area contributed by atoms with Gasteiger partial charge in [-0.25, -0.2) is 4.39 Å². The monoisotopic (exact) mass is 318 g/mol. The Morgan fingerprint density at radius 1 is 1.45 bits per heavy atom. The molecule has 22 heavy (non-hydrogen) atoms. The highest BCUT2D eigenvalue weighted by atomic mass is 32.1. The summed E-state index contributed by atoms with van der Waals surface area (Å²) in [4.78, 5) is 15.7. The molecule has 1 atom stereocenters. The van der Waals surface area contributed by atoms with E-state index in [0.717, 1.165) is 24.9 Å². The van der Waals surface area contributed by atoms with Crippen molar-refractivity contribution in [1.29, 1.82) is 0 Å². The maximum absolute atomic E-state index is 13.3. The van der Waals surface area contributed by atoms with E-state index < -0.39 is 0 Å². The predicted octanol–water partition coefficient (Wildman–Crippen LogP) is 3.97. The molecule has 3 nitrogen and oxygen atoms in total. The maximum atomic E-state index is 13.3. The zero-order valence-electron chi connectivity index (χ0n) is 12.5. The summed E-state index contributed by atoms with van der Waals surface area (Å²) < 4.78 is 13.3. The molecule has 3 rings (SSSR count). The number of hydrogen-bond acceptors (Lipinski definition) is 3. The van der Waals surface area contributed by atoms with Gasteiger partial charge in [0.15, 0.2) is 0 Å². The van der Waals surface area contributed by atoms with Crippen molar-refractivity contribution in [1.82, 2.24) is 4.90 Å². The van der Waals surface area contributed by atoms with Crippen LogP contribution < -0.4 is 5.32 Å². The Kier molecular flexibility index (Phi) is 4.43. The molecule has 0 radical (unpaired) electrons. The van der Waals surface area contributed by atoms with Crippen molar-refractivity contribution in [3.05, 3.63) is 52.0 Å². The van der Waals surface area contributed by atoms with Crippen LogP contribution >= 0.6 is 11.3 Å². The number of nitrogens with zero attached hydrogens (tertiary/aromatic N) is 1. The van der Waals surface area contributed by atoms with Gasteiger partial charge in [0.05, 0.1) is 12.6 Å². The van der Waals surface area contributed by atoms with Crippen LogP contribution in [0.5, 0.6) is 0 Å². The van der Waals surface area contributed by atoms with Gasteiger partial charge in [-0.05, 0) is 48.9 Å². The largest absolute Gasteiger partial charge is 0.376 e. The summed E-state index contributed by atoms with van der Waals surface area (Å²) in [6.07, 6.45) is 2.05. The third-order valence-electron chi connectivity index (χ3n) is 4.07. The molecular weight excluding hydrogens is 299 g/mol. The number of rotatable bonds is 4. The summed E-state index contributed by atoms with van der Waals surface area (Å²) in [5, 5.41) is 5.11. The van der Waals surface area contributed by atoms with Crippen molar-refractivity contribution >= 4 is 22.9 Å². The number of hydrogen-bond donors (Lipinski definition) is 1. The Labute approximate surface area is 133 Å². The number of thiophene rings is 1. The molecule has 1 aromatic carbocycles. The van der Waals surface area contributed by atoms with Crippen LogP contribution in [0.1, 0.15) is 29.3 Å². The normalized spacial score (nSPS) is 17.7. The number of carbonyl (C=O) groups is 1. The maximum Gasteiger partial charge on any atom is 0.242 e. The van der Waals surface area contributed by atoms with Crippen molar-refractivity contribution in [2.75, 3.05) is 18.4 Å². The van der Waals surface area contributed by atoms with Crippen LogP contribution in [-0.2, 0) is 4.79 Å². The van der Waals surface area contributed by atoms with Crippen molar-refractivity contribution < 1.29 is 9.18 Å². The Morgan fingerprint density at radius 2 is 2.32 bits per heavy atom. The molecule has 0 spiro atoms. The Hall–Kier alpha value is -1.88. The van der Waals surface area contributed by atoms with Crippen LogP contribution in [0.2, 0.25) is 0 Å². The molecule has 1 saturated heterocycles. The van der Waals surface area contributed by atoms with E-state index in [9.17, 15) is 9.18 Å². The van der Waals surface area contributed by atoms with Crippen molar-refractivity contribution in [3.8, 4) is 0 Å². The van der Waals surface area contributed by atoms with E-state index in [4.69, 9.17) is 0 Å². The lowest BCUT2D eigenvalue weighted by molar-refractivity contribution is -0.130. The highest BCUT2D eigenvalue weighted by molar-refractivity contribution is 7.10. The van der Waals surface area contributed by atoms with Crippen LogP contribution in [0.3, 0.4) is 0 Å². The van der Waals surface area contributed by atoms with Crippen molar-refractivity contribution in [2.24, 2.45) is 0 Å². The summed E-state index contributed by atoms with van der Waals surface area (Å²) in [7, 11) is 0. The average Bonchev–Trinajstić information content (AvgIpc) is 3.17. The number of halogens is 1. The van der Waals surface area contributed by atoms with Crippen LogP contribution in [-0.4, -0.2) is 23.9 Å². The van der Waals surface area contributed by atoms with E-state index in [2.05, 4.69) is 11.4 Å². The molecule has 1 N–H and O–H groups in total. The summed E-state index contributed by atoms with van der Waals surface area (Å²) >= 11 is 1.70. The lowest BCUT2D eigenvalue weighted by Gasteiger charge is -2.24. The fourth-order valence-corrected chi connectivity index (χ4v) is 3.77. The predicted molar refractivity (Wildman–Crippen MR) is 87.6 cm³/mol. The van der Waals surface area contributed by atoms with E-state index >= 15 is 0 Å². The van der Waals surface area contributed by atoms with Gasteiger partial charge in [-0.2, -0.15) is 0 Å². The van der Waals surface area contributed by atoms with Crippen LogP contribution in [0.15, 0.2) is 35.7 Å². The number of nitrogens with one attached hydrogen (secondary N) is 1.